The molecule has 4 nitrogen and oxygen atoms in total. The number of carboxylic acid groups (broad SMARTS) is 1. The molecule has 10 heavy (non-hydrogen) atoms. The van der Waals surface area contributed by atoms with Crippen LogP contribution in [0.25, 0.3) is 0 Å². The summed E-state index contributed by atoms with van der Waals surface area (Å²) < 4.78 is 0. The van der Waals surface area contributed by atoms with E-state index < -0.39 is 6.09 Å². The SMILES string of the molecule is O=C[C@@H]1CCN(C(=O)O)C1. The average Bonchev–Trinajstić information content (AvgIpc) is 2.34. The molecule has 4 heteroatoms. The van der Waals surface area contributed by atoms with Crippen molar-refractivity contribution in [1.82, 2.24) is 4.90 Å². The number of hydrogen-bond donors (Lipinski definition) is 1. The molecule has 1 aliphatic rings. The van der Waals surface area contributed by atoms with Gasteiger partial charge in [0, 0.05) is 19.0 Å². The van der Waals surface area contributed by atoms with Gasteiger partial charge in [0.2, 0.25) is 0 Å². The van der Waals surface area contributed by atoms with Crippen molar-refractivity contribution in [3.8, 4) is 0 Å². The predicted octanol–water partition coefficient (Wildman–Crippen LogP) is 0.185. The van der Waals surface area contributed by atoms with Crippen LogP contribution in [-0.4, -0.2) is 35.5 Å². The van der Waals surface area contributed by atoms with Crippen molar-refractivity contribution in [2.45, 2.75) is 6.42 Å². The fourth-order valence-corrected chi connectivity index (χ4v) is 1.07. The number of aldehydes is 1. The van der Waals surface area contributed by atoms with E-state index in [2.05, 4.69) is 0 Å². The fourth-order valence-electron chi connectivity index (χ4n) is 1.07. The Bertz CT molecular complexity index is 157. The van der Waals surface area contributed by atoms with Crippen LogP contribution in [0.4, 0.5) is 4.79 Å². The van der Waals surface area contributed by atoms with Gasteiger partial charge >= 0.3 is 6.09 Å². The molecule has 1 atom stereocenters. The van der Waals surface area contributed by atoms with Crippen LogP contribution in [-0.2, 0) is 4.79 Å². The third kappa shape index (κ3) is 1.26. The number of carbonyl (C=O) groups excluding carboxylic acids is 1. The summed E-state index contributed by atoms with van der Waals surface area (Å²) >= 11 is 0. The molecular weight excluding hydrogens is 134 g/mol. The van der Waals surface area contributed by atoms with Gasteiger partial charge in [0.05, 0.1) is 0 Å². The molecule has 1 saturated heterocycles. The summed E-state index contributed by atoms with van der Waals surface area (Å²) in [5, 5.41) is 8.44. The van der Waals surface area contributed by atoms with Gasteiger partial charge in [-0.05, 0) is 6.42 Å². The molecule has 0 saturated carbocycles. The lowest BCUT2D eigenvalue weighted by atomic mass is 10.1. The number of amides is 1. The lowest BCUT2D eigenvalue weighted by Crippen LogP contribution is -2.26. The fraction of sp³-hybridized carbons (Fsp3) is 0.667. The first-order chi connectivity index (χ1) is 4.74. The van der Waals surface area contributed by atoms with Crippen LogP contribution in [0.5, 0.6) is 0 Å². The second kappa shape index (κ2) is 2.68. The standard InChI is InChI=1S/C6H9NO3/c8-4-5-1-2-7(3-5)6(9)10/h4-5H,1-3H2,(H,9,10)/t5-/m1/s1. The van der Waals surface area contributed by atoms with E-state index in [0.717, 1.165) is 6.29 Å². The molecule has 0 spiro atoms. The number of likely N-dealkylation sites (tertiary alicyclic amines) is 1. The zero-order valence-corrected chi connectivity index (χ0v) is 5.49. The highest BCUT2D eigenvalue weighted by Crippen LogP contribution is 2.12. The molecular formula is C6H9NO3. The second-order valence-electron chi connectivity index (χ2n) is 2.41. The molecule has 0 aromatic carbocycles. The summed E-state index contributed by atoms with van der Waals surface area (Å²) in [4.78, 5) is 21.7. The van der Waals surface area contributed by atoms with Gasteiger partial charge in [0.15, 0.2) is 0 Å². The zero-order valence-electron chi connectivity index (χ0n) is 5.49. The van der Waals surface area contributed by atoms with Crippen LogP contribution in [0.2, 0.25) is 0 Å². The second-order valence-corrected chi connectivity index (χ2v) is 2.41. The molecule has 0 bridgehead atoms. The van der Waals surface area contributed by atoms with Crippen molar-refractivity contribution in [2.75, 3.05) is 13.1 Å². The van der Waals surface area contributed by atoms with Crippen molar-refractivity contribution in [3.05, 3.63) is 0 Å². The van der Waals surface area contributed by atoms with Crippen LogP contribution < -0.4 is 0 Å². The summed E-state index contributed by atoms with van der Waals surface area (Å²) in [7, 11) is 0. The van der Waals surface area contributed by atoms with Crippen molar-refractivity contribution in [2.24, 2.45) is 5.92 Å². The first-order valence-electron chi connectivity index (χ1n) is 3.17. The summed E-state index contributed by atoms with van der Waals surface area (Å²) in [6.45, 7) is 0.873. The average molecular weight is 143 g/mol. The van der Waals surface area contributed by atoms with Gasteiger partial charge < -0.3 is 14.8 Å². The van der Waals surface area contributed by atoms with Gasteiger partial charge in [-0.3, -0.25) is 0 Å². The molecule has 0 aliphatic carbocycles. The molecule has 0 aromatic rings. The van der Waals surface area contributed by atoms with E-state index >= 15 is 0 Å². The molecule has 1 N–H and O–H groups in total. The maximum atomic E-state index is 10.3. The van der Waals surface area contributed by atoms with Crippen LogP contribution >= 0.6 is 0 Å². The first kappa shape index (κ1) is 7.05. The lowest BCUT2D eigenvalue weighted by molar-refractivity contribution is -0.110. The maximum Gasteiger partial charge on any atom is 0.407 e. The summed E-state index contributed by atoms with van der Waals surface area (Å²) in [5.74, 6) is -0.0731. The Balaban J connectivity index is 2.42. The quantitative estimate of drug-likeness (QED) is 0.533. The normalized spacial score (nSPS) is 24.8. The van der Waals surface area contributed by atoms with Gasteiger partial charge in [-0.15, -0.1) is 0 Å². The number of hydrogen-bond acceptors (Lipinski definition) is 2. The molecule has 0 radical (unpaired) electrons. The van der Waals surface area contributed by atoms with Crippen molar-refractivity contribution < 1.29 is 14.7 Å². The number of carbonyl (C=O) groups is 2. The third-order valence-corrected chi connectivity index (χ3v) is 1.69. The topological polar surface area (TPSA) is 57.6 Å². The molecule has 1 aliphatic heterocycles. The Morgan fingerprint density at radius 1 is 1.70 bits per heavy atom. The van der Waals surface area contributed by atoms with Gasteiger partial charge in [-0.2, -0.15) is 0 Å². The molecule has 0 aromatic heterocycles. The van der Waals surface area contributed by atoms with Gasteiger partial charge in [-0.1, -0.05) is 0 Å². The Morgan fingerprint density at radius 3 is 2.70 bits per heavy atom. The van der Waals surface area contributed by atoms with Crippen LogP contribution in [0.3, 0.4) is 0 Å². The molecule has 56 valence electrons. The number of nitrogens with zero attached hydrogens (tertiary/aromatic N) is 1. The van der Waals surface area contributed by atoms with E-state index in [-0.39, 0.29) is 5.92 Å². The summed E-state index contributed by atoms with van der Waals surface area (Å²) in [6.07, 6.45) is 0.572. The lowest BCUT2D eigenvalue weighted by Gasteiger charge is -2.08. The van der Waals surface area contributed by atoms with Crippen molar-refractivity contribution in [3.63, 3.8) is 0 Å². The Labute approximate surface area is 58.4 Å². The first-order valence-corrected chi connectivity index (χ1v) is 3.17. The monoisotopic (exact) mass is 143 g/mol. The minimum absolute atomic E-state index is 0.0731. The molecule has 0 unspecified atom stereocenters. The van der Waals surface area contributed by atoms with E-state index in [1.54, 1.807) is 0 Å². The number of rotatable bonds is 1. The predicted molar refractivity (Wildman–Crippen MR) is 33.8 cm³/mol. The highest BCUT2D eigenvalue weighted by Gasteiger charge is 2.24. The molecule has 1 fully saturated rings. The van der Waals surface area contributed by atoms with Crippen LogP contribution in [0.1, 0.15) is 6.42 Å². The Hall–Kier alpha value is -1.06. The van der Waals surface area contributed by atoms with Gasteiger partial charge in [-0.25, -0.2) is 4.79 Å². The molecule has 1 amide bonds. The summed E-state index contributed by atoms with van der Waals surface area (Å²) in [6, 6.07) is 0. The van der Waals surface area contributed by atoms with E-state index in [1.807, 2.05) is 0 Å². The largest absolute Gasteiger partial charge is 0.465 e. The Kier molecular flexibility index (Phi) is 1.89. The smallest absolute Gasteiger partial charge is 0.407 e. The van der Waals surface area contributed by atoms with E-state index in [0.29, 0.717) is 19.5 Å². The van der Waals surface area contributed by atoms with E-state index in [9.17, 15) is 9.59 Å². The minimum atomic E-state index is -0.927. The highest BCUT2D eigenvalue weighted by atomic mass is 16.4. The zero-order chi connectivity index (χ0) is 7.56. The van der Waals surface area contributed by atoms with E-state index in [4.69, 9.17) is 5.11 Å². The molecule has 1 heterocycles. The third-order valence-electron chi connectivity index (χ3n) is 1.69. The highest BCUT2D eigenvalue weighted by molar-refractivity contribution is 5.67. The summed E-state index contributed by atoms with van der Waals surface area (Å²) in [5.41, 5.74) is 0. The maximum absolute atomic E-state index is 10.3. The van der Waals surface area contributed by atoms with Crippen molar-refractivity contribution >= 4 is 12.4 Å². The van der Waals surface area contributed by atoms with Gasteiger partial charge in [0.25, 0.3) is 0 Å². The van der Waals surface area contributed by atoms with Crippen molar-refractivity contribution in [1.29, 1.82) is 0 Å². The molecule has 1 rings (SSSR count). The minimum Gasteiger partial charge on any atom is -0.465 e. The van der Waals surface area contributed by atoms with Crippen LogP contribution in [0, 0.1) is 5.92 Å². The van der Waals surface area contributed by atoms with E-state index in [1.165, 1.54) is 4.90 Å². The van der Waals surface area contributed by atoms with Gasteiger partial charge in [0.1, 0.15) is 6.29 Å². The Morgan fingerprint density at radius 2 is 2.40 bits per heavy atom. The van der Waals surface area contributed by atoms with Crippen LogP contribution in [0.15, 0.2) is 0 Å².